The van der Waals surface area contributed by atoms with E-state index in [1.165, 1.54) is 0 Å². The van der Waals surface area contributed by atoms with E-state index in [0.717, 1.165) is 65.9 Å². The van der Waals surface area contributed by atoms with Gasteiger partial charge in [-0.25, -0.2) is 0 Å². The molecule has 0 radical (unpaired) electrons. The summed E-state index contributed by atoms with van der Waals surface area (Å²) in [5.74, 6) is 0.578. The van der Waals surface area contributed by atoms with Crippen molar-refractivity contribution in [2.75, 3.05) is 39.5 Å². The molecule has 1 aromatic heterocycles. The molecule has 6 nitrogen and oxygen atoms in total. The molecule has 0 N–H and O–H groups in total. The van der Waals surface area contributed by atoms with E-state index < -0.39 is 0 Å². The first-order valence-corrected chi connectivity index (χ1v) is 10.6. The van der Waals surface area contributed by atoms with Gasteiger partial charge in [-0.15, -0.1) is 0 Å². The molecule has 1 saturated carbocycles. The molecule has 3 aromatic rings. The Kier molecular flexibility index (Phi) is 8.26. The molecule has 1 aliphatic carbocycles. The van der Waals surface area contributed by atoms with Crippen molar-refractivity contribution in [3.8, 4) is 5.75 Å². The van der Waals surface area contributed by atoms with Gasteiger partial charge in [0, 0.05) is 69.4 Å². The number of ketones is 2. The molecule has 1 atom stereocenters. The third kappa shape index (κ3) is 4.83. The normalized spacial score (nSPS) is 19.6. The number of ether oxygens (including phenoxy) is 2. The zero-order valence-electron chi connectivity index (χ0n) is 18.3. The number of fused-ring (bicyclic) bond motifs is 3. The Morgan fingerprint density at radius 3 is 2.66 bits per heavy atom. The first-order valence-electron chi connectivity index (χ1n) is 10.6. The zero-order valence-corrected chi connectivity index (χ0v) is 21.2. The van der Waals surface area contributed by atoms with Crippen LogP contribution >= 0.6 is 0 Å². The molecule has 32 heavy (non-hydrogen) atoms. The molecule has 7 heteroatoms. The van der Waals surface area contributed by atoms with E-state index in [4.69, 9.17) is 13.9 Å². The maximum atomic E-state index is 12.5. The summed E-state index contributed by atoms with van der Waals surface area (Å²) in [5, 5.41) is 2.98. The quantitative estimate of drug-likeness (QED) is 0.322. The van der Waals surface area contributed by atoms with Crippen molar-refractivity contribution in [1.82, 2.24) is 4.90 Å². The minimum Gasteiger partial charge on any atom is -0.492 e. The Hall–Kier alpha value is -2.01. The van der Waals surface area contributed by atoms with Crippen molar-refractivity contribution in [2.45, 2.75) is 25.2 Å². The molecule has 2 aliphatic rings. The van der Waals surface area contributed by atoms with E-state index >= 15 is 0 Å². The molecule has 1 unspecified atom stereocenters. The van der Waals surface area contributed by atoms with Crippen molar-refractivity contribution in [1.29, 1.82) is 0 Å². The SMILES string of the molecule is O=C1CCC(c2coc3ccc4c(OCCN5CCOCC5)cccc4c23)C(=O)C1.[CH3-].[W]. The minimum absolute atomic E-state index is 0. The van der Waals surface area contributed by atoms with Crippen molar-refractivity contribution < 1.29 is 44.5 Å². The van der Waals surface area contributed by atoms with Gasteiger partial charge in [0.05, 0.1) is 25.9 Å². The summed E-state index contributed by atoms with van der Waals surface area (Å²) >= 11 is 0. The number of hydrogen-bond acceptors (Lipinski definition) is 6. The zero-order chi connectivity index (χ0) is 20.5. The Balaban J connectivity index is 0.00000144. The molecule has 0 amide bonds. The summed E-state index contributed by atoms with van der Waals surface area (Å²) < 4.78 is 17.3. The van der Waals surface area contributed by atoms with E-state index in [1.54, 1.807) is 6.26 Å². The maximum absolute atomic E-state index is 12.5. The van der Waals surface area contributed by atoms with Gasteiger partial charge < -0.3 is 21.3 Å². The fourth-order valence-corrected chi connectivity index (χ4v) is 4.58. The number of Topliss-reactive ketones (excluding diaryl/α,β-unsaturated/α-hetero) is 2. The van der Waals surface area contributed by atoms with Crippen LogP contribution in [0.5, 0.6) is 5.75 Å². The first kappa shape index (κ1) is 24.6. The van der Waals surface area contributed by atoms with Crippen LogP contribution in [0.25, 0.3) is 21.7 Å². The van der Waals surface area contributed by atoms with Crippen LogP contribution in [0.2, 0.25) is 0 Å². The first-order chi connectivity index (χ1) is 14.7. The monoisotopic (exact) mass is 606 g/mol. The Morgan fingerprint density at radius 2 is 1.88 bits per heavy atom. The number of hydrogen-bond donors (Lipinski definition) is 0. The van der Waals surface area contributed by atoms with E-state index in [1.807, 2.05) is 30.3 Å². The second-order valence-electron chi connectivity index (χ2n) is 8.06. The number of morpholine rings is 1. The molecular formula is C25H28NO5W-. The van der Waals surface area contributed by atoms with Crippen LogP contribution in [0.1, 0.15) is 30.7 Å². The number of benzene rings is 2. The molecule has 1 aliphatic heterocycles. The Morgan fingerprint density at radius 1 is 1.06 bits per heavy atom. The van der Waals surface area contributed by atoms with Crippen LogP contribution in [-0.2, 0) is 35.4 Å². The van der Waals surface area contributed by atoms with E-state index in [9.17, 15) is 9.59 Å². The van der Waals surface area contributed by atoms with Gasteiger partial charge in [-0.05, 0) is 30.0 Å². The van der Waals surface area contributed by atoms with Crippen LogP contribution in [0.4, 0.5) is 0 Å². The van der Waals surface area contributed by atoms with Crippen LogP contribution in [0.3, 0.4) is 0 Å². The third-order valence-electron chi connectivity index (χ3n) is 6.20. The van der Waals surface area contributed by atoms with Crippen molar-refractivity contribution >= 4 is 33.3 Å². The number of nitrogens with zero attached hydrogens (tertiary/aromatic N) is 1. The second kappa shape index (κ2) is 10.7. The molecule has 2 fully saturated rings. The number of carbonyl (C=O) groups excluding carboxylic acids is 2. The fraction of sp³-hybridized carbons (Fsp3) is 0.400. The van der Waals surface area contributed by atoms with Gasteiger partial charge in [0.25, 0.3) is 0 Å². The largest absolute Gasteiger partial charge is 0.492 e. The van der Waals surface area contributed by atoms with Crippen molar-refractivity contribution in [3.05, 3.63) is 49.6 Å². The summed E-state index contributed by atoms with van der Waals surface area (Å²) in [6.45, 7) is 4.91. The Bertz CT molecular complexity index is 1100. The van der Waals surface area contributed by atoms with Crippen LogP contribution in [0.15, 0.2) is 41.0 Å². The molecule has 170 valence electrons. The number of rotatable bonds is 5. The van der Waals surface area contributed by atoms with Gasteiger partial charge >= 0.3 is 0 Å². The van der Waals surface area contributed by atoms with E-state index in [-0.39, 0.29) is 52.4 Å². The minimum atomic E-state index is -0.277. The summed E-state index contributed by atoms with van der Waals surface area (Å²) in [6.07, 6.45) is 2.72. The molecule has 0 bridgehead atoms. The smallest absolute Gasteiger partial charge is 0.147 e. The molecule has 5 rings (SSSR count). The molecule has 2 heterocycles. The van der Waals surface area contributed by atoms with E-state index in [2.05, 4.69) is 4.90 Å². The third-order valence-corrected chi connectivity index (χ3v) is 6.20. The summed E-state index contributed by atoms with van der Waals surface area (Å²) in [4.78, 5) is 26.5. The number of carbonyl (C=O) groups is 2. The van der Waals surface area contributed by atoms with Crippen molar-refractivity contribution in [3.63, 3.8) is 0 Å². The summed E-state index contributed by atoms with van der Waals surface area (Å²) in [5.41, 5.74) is 1.64. The standard InChI is InChI=1S/C24H25NO5.CH3.W/c26-16-4-5-17(21(27)14-16)20-15-30-23-7-6-18-19(24(20)23)2-1-3-22(18)29-13-10-25-8-11-28-12-9-25;;/h1-3,6-7,15,17H,4-5,8-14H2;1H3;/q;-1;. The van der Waals surface area contributed by atoms with Gasteiger partial charge in [-0.3, -0.25) is 14.5 Å². The Labute approximate surface area is 202 Å². The van der Waals surface area contributed by atoms with E-state index in [0.29, 0.717) is 19.4 Å². The van der Waals surface area contributed by atoms with Gasteiger partial charge in [0.15, 0.2) is 0 Å². The maximum Gasteiger partial charge on any atom is 0.147 e. The second-order valence-corrected chi connectivity index (χ2v) is 8.06. The van der Waals surface area contributed by atoms with Crippen LogP contribution in [0, 0.1) is 7.43 Å². The summed E-state index contributed by atoms with van der Waals surface area (Å²) in [7, 11) is 0. The predicted octanol–water partition coefficient (Wildman–Crippen LogP) is 4.15. The number of furan rings is 1. The molecule has 1 saturated heterocycles. The molecular weight excluding hydrogens is 578 g/mol. The predicted molar refractivity (Wildman–Crippen MR) is 119 cm³/mol. The average molecular weight is 606 g/mol. The van der Waals surface area contributed by atoms with Gasteiger partial charge in [0.1, 0.15) is 29.5 Å². The summed E-state index contributed by atoms with van der Waals surface area (Å²) in [6, 6.07) is 9.96. The average Bonchev–Trinajstić information content (AvgIpc) is 3.19. The van der Waals surface area contributed by atoms with Crippen molar-refractivity contribution in [2.24, 2.45) is 0 Å². The van der Waals surface area contributed by atoms with Gasteiger partial charge in [0.2, 0.25) is 0 Å². The molecule has 0 spiro atoms. The molecule has 2 aromatic carbocycles. The van der Waals surface area contributed by atoms with Crippen LogP contribution in [-0.4, -0.2) is 55.9 Å². The van der Waals surface area contributed by atoms with Crippen LogP contribution < -0.4 is 4.74 Å². The van der Waals surface area contributed by atoms with Gasteiger partial charge in [-0.2, -0.15) is 0 Å². The topological polar surface area (TPSA) is 69.0 Å². The van der Waals surface area contributed by atoms with Gasteiger partial charge in [-0.1, -0.05) is 12.1 Å². The fourth-order valence-electron chi connectivity index (χ4n) is 4.58.